The van der Waals surface area contributed by atoms with Crippen LogP contribution in [0, 0.1) is 18.2 Å². The SMILES string of the molecule is [Ir+3].[c-]1c(C2c3cccc(n3)C(c3[c-]c4ccccc4n3-c3ccccc3)c3cccc(n3)C(c3[c-]c4ccccc4n3-c3ccccc3)c3cccc2n3)n(-c2ccccc2)c2ccccc12. The topological polar surface area (TPSA) is 53.5 Å². The maximum Gasteiger partial charge on any atom is 3.00 e. The fourth-order valence-electron chi connectivity index (χ4n) is 10.1. The smallest absolute Gasteiger partial charge is 0.378 e. The number of rotatable bonds is 6. The molecule has 1 aliphatic rings. The molecule has 1 aliphatic heterocycles. The second-order valence-corrected chi connectivity index (χ2v) is 16.9. The second kappa shape index (κ2) is 16.8. The Bertz CT molecular complexity index is 3290. The molecule has 318 valence electrons. The van der Waals surface area contributed by atoms with Gasteiger partial charge >= 0.3 is 20.1 Å². The summed E-state index contributed by atoms with van der Waals surface area (Å²) in [6.45, 7) is 0. The van der Waals surface area contributed by atoms with E-state index in [1.807, 2.05) is 0 Å². The van der Waals surface area contributed by atoms with Gasteiger partial charge in [0.1, 0.15) is 0 Å². The molecule has 6 aromatic carbocycles. The predicted octanol–water partition coefficient (Wildman–Crippen LogP) is 13.0. The summed E-state index contributed by atoms with van der Waals surface area (Å²) < 4.78 is 6.99. The van der Waals surface area contributed by atoms with E-state index in [0.717, 1.165) is 101 Å². The van der Waals surface area contributed by atoms with Crippen LogP contribution in [0.2, 0.25) is 0 Å². The van der Waals surface area contributed by atoms with Crippen molar-refractivity contribution in [2.45, 2.75) is 17.8 Å². The van der Waals surface area contributed by atoms with E-state index in [1.54, 1.807) is 0 Å². The minimum absolute atomic E-state index is 0. The molecule has 0 atom stereocenters. The Balaban J connectivity index is 0.00000468. The van der Waals surface area contributed by atoms with Crippen LogP contribution in [-0.2, 0) is 20.1 Å². The van der Waals surface area contributed by atoms with Gasteiger partial charge in [-0.3, -0.25) is 15.0 Å². The Hall–Kier alpha value is -7.96. The molecule has 6 aromatic heterocycles. The Morgan fingerprint density at radius 2 is 0.507 bits per heavy atom. The molecule has 13 rings (SSSR count). The summed E-state index contributed by atoms with van der Waals surface area (Å²) in [4.78, 5) is 17.2. The fraction of sp³-hybridized carbons (Fsp3) is 0.0500. The summed E-state index contributed by atoms with van der Waals surface area (Å²) >= 11 is 0. The minimum Gasteiger partial charge on any atom is -0.378 e. The molecule has 0 saturated heterocycles. The van der Waals surface area contributed by atoms with Crippen LogP contribution in [0.4, 0.5) is 0 Å². The van der Waals surface area contributed by atoms with Gasteiger partial charge in [0, 0.05) is 17.1 Å². The van der Waals surface area contributed by atoms with E-state index >= 15 is 0 Å². The summed E-state index contributed by atoms with van der Waals surface area (Å²) in [5, 5.41) is 3.07. The summed E-state index contributed by atoms with van der Waals surface area (Å²) in [5.41, 5.74) is 14.3. The Kier molecular flexibility index (Phi) is 10.2. The van der Waals surface area contributed by atoms with Gasteiger partial charge in [-0.2, -0.15) is 52.6 Å². The molecule has 7 heterocycles. The summed E-state index contributed by atoms with van der Waals surface area (Å²) in [7, 11) is 0. The molecule has 0 N–H and O–H groups in total. The first-order chi connectivity index (χ1) is 32.7. The van der Waals surface area contributed by atoms with Crippen molar-refractivity contribution in [2.75, 3.05) is 0 Å². The molecule has 7 heteroatoms. The number of hydrogen-bond acceptors (Lipinski definition) is 3. The van der Waals surface area contributed by atoms with Crippen LogP contribution in [0.3, 0.4) is 0 Å². The largest absolute Gasteiger partial charge is 3.00 e. The maximum absolute atomic E-state index is 5.74. The second-order valence-electron chi connectivity index (χ2n) is 16.9. The van der Waals surface area contributed by atoms with Gasteiger partial charge in [-0.05, 0) is 89.9 Å². The zero-order valence-corrected chi connectivity index (χ0v) is 38.4. The van der Waals surface area contributed by atoms with Crippen LogP contribution < -0.4 is 0 Å². The third kappa shape index (κ3) is 6.86. The zero-order chi connectivity index (χ0) is 43.6. The molecule has 0 amide bonds. The van der Waals surface area contributed by atoms with Crippen molar-refractivity contribution >= 4 is 32.7 Å². The minimum atomic E-state index is -0.419. The Morgan fingerprint density at radius 3 is 0.776 bits per heavy atom. The molecule has 0 saturated carbocycles. The van der Waals surface area contributed by atoms with Crippen LogP contribution in [0.1, 0.15) is 69.0 Å². The number of hydrogen-bond donors (Lipinski definition) is 0. The Morgan fingerprint density at radius 1 is 0.269 bits per heavy atom. The molecule has 0 spiro atoms. The monoisotopic (exact) mass is 1040 g/mol. The van der Waals surface area contributed by atoms with Gasteiger partial charge < -0.3 is 13.7 Å². The van der Waals surface area contributed by atoms with Crippen molar-refractivity contribution in [3.8, 4) is 17.1 Å². The summed E-state index contributed by atoms with van der Waals surface area (Å²) in [5.74, 6) is -1.26. The van der Waals surface area contributed by atoms with E-state index < -0.39 is 17.8 Å². The molecule has 0 fully saturated rings. The van der Waals surface area contributed by atoms with Gasteiger partial charge in [0.25, 0.3) is 0 Å². The molecule has 12 aromatic rings. The van der Waals surface area contributed by atoms with Gasteiger partial charge in [-0.15, -0.1) is 18.2 Å². The van der Waals surface area contributed by atoms with E-state index in [1.165, 1.54) is 0 Å². The average molecular weight is 1040 g/mol. The molecule has 6 bridgehead atoms. The molecule has 6 nitrogen and oxygen atoms in total. The van der Waals surface area contributed by atoms with Gasteiger partial charge in [0.05, 0.1) is 51.9 Å². The molecule has 0 unspecified atom stereocenters. The van der Waals surface area contributed by atoms with Crippen molar-refractivity contribution in [2.24, 2.45) is 0 Å². The zero-order valence-electron chi connectivity index (χ0n) is 36.0. The summed E-state index contributed by atoms with van der Waals surface area (Å²) in [6, 6.07) is 88.1. The predicted molar refractivity (Wildman–Crippen MR) is 262 cm³/mol. The van der Waals surface area contributed by atoms with Crippen molar-refractivity contribution in [3.63, 3.8) is 0 Å². The van der Waals surface area contributed by atoms with E-state index in [0.29, 0.717) is 0 Å². The first-order valence-electron chi connectivity index (χ1n) is 22.4. The number of aromatic nitrogens is 6. The van der Waals surface area contributed by atoms with Gasteiger partial charge in [0.15, 0.2) is 0 Å². The average Bonchev–Trinajstić information content (AvgIpc) is 4.07. The summed E-state index contributed by atoms with van der Waals surface area (Å²) in [6.07, 6.45) is 0. The van der Waals surface area contributed by atoms with Crippen molar-refractivity contribution < 1.29 is 20.1 Å². The normalized spacial score (nSPS) is 15.5. The van der Waals surface area contributed by atoms with Gasteiger partial charge in [0.2, 0.25) is 0 Å². The van der Waals surface area contributed by atoms with Crippen LogP contribution in [0.5, 0.6) is 0 Å². The standard InChI is InChI=1S/C60H39N6.Ir/c1-4-22-43(23-5-1)64-52-34-13-10-19-40(52)37-55(64)58-46-28-16-30-48(61-46)59(56-38-41-20-11-14-35-53(41)65(56)44-24-6-2-7-25-44)50-32-18-33-51(63-50)60(49-31-17-29-47(58)62-49)57-39-42-21-12-15-36-54(42)66(57)45-26-8-3-9-27-45;/h1-36,58-60H;/q-3;+3. The third-order valence-electron chi connectivity index (χ3n) is 13.0. The molecule has 0 radical (unpaired) electrons. The third-order valence-corrected chi connectivity index (χ3v) is 13.0. The van der Waals surface area contributed by atoms with E-state index in [-0.39, 0.29) is 20.1 Å². The van der Waals surface area contributed by atoms with E-state index in [9.17, 15) is 0 Å². The molecule has 0 aliphatic carbocycles. The number of fused-ring (bicyclic) bond motifs is 9. The number of benzene rings is 6. The van der Waals surface area contributed by atoms with Crippen molar-refractivity contribution in [1.82, 2.24) is 28.7 Å². The molecular formula is C60H39IrN6. The first kappa shape index (κ1) is 40.5. The Labute approximate surface area is 401 Å². The van der Waals surface area contributed by atoms with Crippen molar-refractivity contribution in [3.05, 3.63) is 288 Å². The maximum atomic E-state index is 5.74. The molecular weight excluding hydrogens is 997 g/mol. The van der Waals surface area contributed by atoms with Crippen LogP contribution in [0.15, 0.2) is 218 Å². The van der Waals surface area contributed by atoms with E-state index in [2.05, 4.69) is 250 Å². The fourth-order valence-corrected chi connectivity index (χ4v) is 10.1. The number of pyridine rings is 3. The first-order valence-corrected chi connectivity index (χ1v) is 22.4. The molecule has 67 heavy (non-hydrogen) atoms. The van der Waals surface area contributed by atoms with E-state index in [4.69, 9.17) is 15.0 Å². The van der Waals surface area contributed by atoms with Crippen LogP contribution in [0.25, 0.3) is 49.8 Å². The number of para-hydroxylation sites is 6. The quantitative estimate of drug-likeness (QED) is 0.156. The van der Waals surface area contributed by atoms with Gasteiger partial charge in [-0.1, -0.05) is 126 Å². The number of nitrogens with zero attached hydrogens (tertiary/aromatic N) is 6. The van der Waals surface area contributed by atoms with Crippen molar-refractivity contribution in [1.29, 1.82) is 0 Å². The van der Waals surface area contributed by atoms with Crippen LogP contribution in [-0.4, -0.2) is 28.7 Å². The van der Waals surface area contributed by atoms with Crippen LogP contribution >= 0.6 is 0 Å². The van der Waals surface area contributed by atoms with Gasteiger partial charge in [-0.25, -0.2) is 0 Å².